The molecule has 0 radical (unpaired) electrons. The van der Waals surface area contributed by atoms with E-state index in [1.165, 1.54) is 0 Å². The highest BCUT2D eigenvalue weighted by Crippen LogP contribution is 2.39. The number of halogens is 2. The molecule has 1 aliphatic heterocycles. The standard InChI is InChI=1S/C9H9Cl2NO/c1-12-7-4-13-8-3-5(10)2-6(11)9(7)8/h2-3,7,12H,4H2,1H3. The zero-order valence-corrected chi connectivity index (χ0v) is 8.62. The van der Waals surface area contributed by atoms with E-state index < -0.39 is 0 Å². The maximum Gasteiger partial charge on any atom is 0.127 e. The van der Waals surface area contributed by atoms with E-state index in [2.05, 4.69) is 5.32 Å². The molecule has 1 unspecified atom stereocenters. The van der Waals surface area contributed by atoms with Crippen LogP contribution >= 0.6 is 23.2 Å². The summed E-state index contributed by atoms with van der Waals surface area (Å²) in [4.78, 5) is 0. The first kappa shape index (κ1) is 9.13. The first-order valence-corrected chi connectivity index (χ1v) is 4.77. The number of hydrogen-bond acceptors (Lipinski definition) is 2. The lowest BCUT2D eigenvalue weighted by Gasteiger charge is -2.07. The average molecular weight is 218 g/mol. The molecule has 2 nitrogen and oxygen atoms in total. The average Bonchev–Trinajstić information content (AvgIpc) is 2.47. The van der Waals surface area contributed by atoms with Crippen LogP contribution in [0.25, 0.3) is 0 Å². The molecule has 0 aromatic heterocycles. The largest absolute Gasteiger partial charge is 0.491 e. The Morgan fingerprint density at radius 3 is 2.92 bits per heavy atom. The van der Waals surface area contributed by atoms with Crippen molar-refractivity contribution in [3.63, 3.8) is 0 Å². The molecule has 0 saturated carbocycles. The molecule has 2 rings (SSSR count). The Morgan fingerprint density at radius 2 is 2.23 bits per heavy atom. The molecule has 1 N–H and O–H groups in total. The van der Waals surface area contributed by atoms with Gasteiger partial charge < -0.3 is 10.1 Å². The summed E-state index contributed by atoms with van der Waals surface area (Å²) in [5.74, 6) is 0.789. The SMILES string of the molecule is CNC1COc2cc(Cl)cc(Cl)c21. The van der Waals surface area contributed by atoms with Crippen molar-refractivity contribution in [3.8, 4) is 5.75 Å². The van der Waals surface area contributed by atoms with Gasteiger partial charge in [0.2, 0.25) is 0 Å². The molecule has 1 aromatic carbocycles. The maximum absolute atomic E-state index is 6.04. The highest BCUT2D eigenvalue weighted by molar-refractivity contribution is 6.35. The Balaban J connectivity index is 2.51. The molecule has 4 heteroatoms. The fourth-order valence-electron chi connectivity index (χ4n) is 1.50. The molecule has 1 atom stereocenters. The van der Waals surface area contributed by atoms with Crippen molar-refractivity contribution in [2.24, 2.45) is 0 Å². The molecule has 0 fully saturated rings. The molecule has 1 aliphatic rings. The van der Waals surface area contributed by atoms with Gasteiger partial charge in [0.15, 0.2) is 0 Å². The third-order valence-electron chi connectivity index (χ3n) is 2.16. The van der Waals surface area contributed by atoms with Crippen LogP contribution in [0.5, 0.6) is 5.75 Å². The summed E-state index contributed by atoms with van der Waals surface area (Å²) in [6.45, 7) is 0.617. The molecule has 0 aliphatic carbocycles. The molecular weight excluding hydrogens is 209 g/mol. The molecule has 1 aromatic rings. The summed E-state index contributed by atoms with van der Waals surface area (Å²) in [5.41, 5.74) is 1.01. The third kappa shape index (κ3) is 1.50. The molecule has 1 heterocycles. The summed E-state index contributed by atoms with van der Waals surface area (Å²) in [7, 11) is 1.88. The smallest absolute Gasteiger partial charge is 0.127 e. The zero-order chi connectivity index (χ0) is 9.42. The molecular formula is C9H9Cl2NO. The van der Waals surface area contributed by atoms with Crippen molar-refractivity contribution in [2.45, 2.75) is 6.04 Å². The number of ether oxygens (including phenoxy) is 1. The third-order valence-corrected chi connectivity index (χ3v) is 2.69. The Labute approximate surface area is 86.8 Å². The number of nitrogens with one attached hydrogen (secondary N) is 1. The normalized spacial score (nSPS) is 19.8. The molecule has 0 bridgehead atoms. The van der Waals surface area contributed by atoms with Gasteiger partial charge in [-0.15, -0.1) is 0 Å². The summed E-state index contributed by atoms with van der Waals surface area (Å²) in [6.07, 6.45) is 0. The summed E-state index contributed by atoms with van der Waals surface area (Å²) < 4.78 is 5.43. The fraction of sp³-hybridized carbons (Fsp3) is 0.333. The molecule has 0 spiro atoms. The molecule has 0 saturated heterocycles. The number of benzene rings is 1. The number of fused-ring (bicyclic) bond motifs is 1. The van der Waals surface area contributed by atoms with Crippen LogP contribution < -0.4 is 10.1 Å². The van der Waals surface area contributed by atoms with Gasteiger partial charge in [0, 0.05) is 10.6 Å². The first-order valence-electron chi connectivity index (χ1n) is 4.01. The van der Waals surface area contributed by atoms with E-state index in [0.717, 1.165) is 11.3 Å². The highest BCUT2D eigenvalue weighted by Gasteiger charge is 2.25. The van der Waals surface area contributed by atoms with Crippen LogP contribution in [0.3, 0.4) is 0 Å². The van der Waals surface area contributed by atoms with Gasteiger partial charge in [-0.1, -0.05) is 23.2 Å². The zero-order valence-electron chi connectivity index (χ0n) is 7.10. The van der Waals surface area contributed by atoms with Crippen molar-refractivity contribution in [1.29, 1.82) is 0 Å². The van der Waals surface area contributed by atoms with Crippen LogP contribution in [-0.2, 0) is 0 Å². The van der Waals surface area contributed by atoms with Crippen molar-refractivity contribution in [1.82, 2.24) is 5.32 Å². The number of likely N-dealkylation sites (N-methyl/N-ethyl adjacent to an activating group) is 1. The second-order valence-corrected chi connectivity index (χ2v) is 3.80. The van der Waals surface area contributed by atoms with Gasteiger partial charge >= 0.3 is 0 Å². The Hall–Kier alpha value is -0.440. The van der Waals surface area contributed by atoms with E-state index >= 15 is 0 Å². The molecule has 0 amide bonds. The predicted molar refractivity (Wildman–Crippen MR) is 53.8 cm³/mol. The first-order chi connectivity index (χ1) is 6.22. The van der Waals surface area contributed by atoms with Crippen molar-refractivity contribution in [2.75, 3.05) is 13.7 Å². The second-order valence-electron chi connectivity index (χ2n) is 2.95. The Kier molecular flexibility index (Phi) is 2.37. The lowest BCUT2D eigenvalue weighted by Crippen LogP contribution is -2.17. The van der Waals surface area contributed by atoms with Gasteiger partial charge in [0.1, 0.15) is 12.4 Å². The minimum atomic E-state index is 0.180. The van der Waals surface area contributed by atoms with Crippen LogP contribution in [0, 0.1) is 0 Å². The van der Waals surface area contributed by atoms with E-state index in [9.17, 15) is 0 Å². The minimum absolute atomic E-state index is 0.180. The highest BCUT2D eigenvalue weighted by atomic mass is 35.5. The lowest BCUT2D eigenvalue weighted by atomic mass is 10.1. The van der Waals surface area contributed by atoms with Gasteiger partial charge in [0.05, 0.1) is 11.1 Å². The monoisotopic (exact) mass is 217 g/mol. The van der Waals surface area contributed by atoms with Gasteiger partial charge in [-0.05, 0) is 19.2 Å². The topological polar surface area (TPSA) is 21.3 Å². The van der Waals surface area contributed by atoms with E-state index in [1.807, 2.05) is 7.05 Å². The van der Waals surface area contributed by atoms with Gasteiger partial charge in [0.25, 0.3) is 0 Å². The quantitative estimate of drug-likeness (QED) is 0.782. The predicted octanol–water partition coefficient (Wildman–Crippen LogP) is 2.65. The van der Waals surface area contributed by atoms with Gasteiger partial charge in [-0.25, -0.2) is 0 Å². The Bertz CT molecular complexity index is 341. The van der Waals surface area contributed by atoms with Crippen molar-refractivity contribution < 1.29 is 4.74 Å². The van der Waals surface area contributed by atoms with E-state index in [0.29, 0.717) is 16.7 Å². The second kappa shape index (κ2) is 3.37. The van der Waals surface area contributed by atoms with Crippen LogP contribution in [0.15, 0.2) is 12.1 Å². The van der Waals surface area contributed by atoms with E-state index in [-0.39, 0.29) is 6.04 Å². The maximum atomic E-state index is 6.04. The van der Waals surface area contributed by atoms with Gasteiger partial charge in [-0.2, -0.15) is 0 Å². The van der Waals surface area contributed by atoms with Crippen LogP contribution in [-0.4, -0.2) is 13.7 Å². The van der Waals surface area contributed by atoms with Crippen molar-refractivity contribution in [3.05, 3.63) is 27.7 Å². The van der Waals surface area contributed by atoms with Crippen LogP contribution in [0.1, 0.15) is 11.6 Å². The van der Waals surface area contributed by atoms with Crippen molar-refractivity contribution >= 4 is 23.2 Å². The summed E-state index contributed by atoms with van der Waals surface area (Å²) >= 11 is 11.9. The van der Waals surface area contributed by atoms with E-state index in [4.69, 9.17) is 27.9 Å². The summed E-state index contributed by atoms with van der Waals surface area (Å²) in [6, 6.07) is 3.71. The van der Waals surface area contributed by atoms with Crippen LogP contribution in [0.2, 0.25) is 10.0 Å². The van der Waals surface area contributed by atoms with Gasteiger partial charge in [-0.3, -0.25) is 0 Å². The number of rotatable bonds is 1. The summed E-state index contributed by atoms with van der Waals surface area (Å²) in [5, 5.41) is 4.41. The fourth-order valence-corrected chi connectivity index (χ4v) is 2.11. The molecule has 70 valence electrons. The van der Waals surface area contributed by atoms with E-state index in [1.54, 1.807) is 12.1 Å². The Morgan fingerprint density at radius 1 is 1.46 bits per heavy atom. The van der Waals surface area contributed by atoms with Crippen LogP contribution in [0.4, 0.5) is 0 Å². The lowest BCUT2D eigenvalue weighted by molar-refractivity contribution is 0.318. The number of hydrogen-bond donors (Lipinski definition) is 1. The minimum Gasteiger partial charge on any atom is -0.491 e. The molecule has 13 heavy (non-hydrogen) atoms.